The third-order valence-corrected chi connectivity index (χ3v) is 7.06. The molecule has 0 aliphatic carbocycles. The molecule has 0 spiro atoms. The number of hydrogen-bond donors (Lipinski definition) is 2. The van der Waals surface area contributed by atoms with E-state index >= 15 is 0 Å². The van der Waals surface area contributed by atoms with Gasteiger partial charge in [0.15, 0.2) is 0 Å². The molecule has 2 aliphatic heterocycles. The summed E-state index contributed by atoms with van der Waals surface area (Å²) in [6.07, 6.45) is 2.35. The number of nitrogens with one attached hydrogen (secondary N) is 2. The summed E-state index contributed by atoms with van der Waals surface area (Å²) in [7, 11) is 7.05. The summed E-state index contributed by atoms with van der Waals surface area (Å²) in [6, 6.07) is 23.2. The third kappa shape index (κ3) is 2.65. The van der Waals surface area contributed by atoms with Crippen LogP contribution in [-0.2, 0) is 19.9 Å². The molecule has 0 amide bonds. The molecule has 0 saturated heterocycles. The Balaban J connectivity index is 1.76. The van der Waals surface area contributed by atoms with E-state index in [9.17, 15) is 0 Å². The second-order valence-electron chi connectivity index (χ2n) is 8.66. The minimum absolute atomic E-state index is 0.428. The van der Waals surface area contributed by atoms with Gasteiger partial charge in [-0.15, -0.1) is 0 Å². The average molecular weight is 374 g/mol. The van der Waals surface area contributed by atoms with E-state index in [1.807, 2.05) is 0 Å². The van der Waals surface area contributed by atoms with Crippen molar-refractivity contribution in [1.82, 2.24) is 4.57 Å². The lowest BCUT2D eigenvalue weighted by Gasteiger charge is -2.35. The van der Waals surface area contributed by atoms with Crippen molar-refractivity contribution in [3.05, 3.63) is 94.3 Å². The SMILES string of the molecule is Cn1c2c(c3c1CC[NH+](C)[C@H]3c1ccccc1)[C@H](c1ccccc1)[NH+](C)CC2. The van der Waals surface area contributed by atoms with Crippen LogP contribution in [0, 0.1) is 0 Å². The van der Waals surface area contributed by atoms with Crippen LogP contribution in [0.2, 0.25) is 0 Å². The maximum Gasteiger partial charge on any atom is 0.141 e. The zero-order valence-electron chi connectivity index (χ0n) is 17.2. The smallest absolute Gasteiger partial charge is 0.141 e. The van der Waals surface area contributed by atoms with Crippen molar-refractivity contribution in [2.45, 2.75) is 24.9 Å². The molecular weight excluding hydrogens is 342 g/mol. The van der Waals surface area contributed by atoms with Crippen molar-refractivity contribution in [3.8, 4) is 0 Å². The first-order valence-corrected chi connectivity index (χ1v) is 10.6. The first-order valence-electron chi connectivity index (χ1n) is 10.6. The summed E-state index contributed by atoms with van der Waals surface area (Å²) < 4.78 is 2.55. The molecule has 0 radical (unpaired) electrons. The highest BCUT2D eigenvalue weighted by molar-refractivity contribution is 5.49. The standard InChI is InChI=1S/C25H29N3/c1-26-16-14-20-22(24(26)18-10-6-4-7-11-18)23-21(28(20)3)15-17-27(2)25(23)19-12-8-5-9-13-19/h4-13,24-25H,14-17H2,1-3H3/p+2/t24-,25-/m0/s1. The number of nitrogens with zero attached hydrogens (tertiary/aromatic N) is 1. The molecule has 28 heavy (non-hydrogen) atoms. The molecule has 2 aliphatic rings. The molecule has 3 heteroatoms. The van der Waals surface area contributed by atoms with Crippen molar-refractivity contribution >= 4 is 0 Å². The summed E-state index contributed by atoms with van der Waals surface area (Å²) in [5.41, 5.74) is 9.26. The summed E-state index contributed by atoms with van der Waals surface area (Å²) in [6.45, 7) is 2.39. The largest absolute Gasteiger partial charge is 0.350 e. The molecule has 0 fully saturated rings. The molecular formula is C25H31N3+2. The fourth-order valence-electron chi connectivity index (χ4n) is 5.69. The second kappa shape index (κ2) is 6.91. The lowest BCUT2D eigenvalue weighted by molar-refractivity contribution is -0.912. The van der Waals surface area contributed by atoms with Gasteiger partial charge in [-0.3, -0.25) is 0 Å². The fourth-order valence-corrected chi connectivity index (χ4v) is 5.69. The number of likely N-dealkylation sites (N-methyl/N-ethyl adjacent to an activating group) is 2. The lowest BCUT2D eigenvalue weighted by atomic mass is 9.83. The number of fused-ring (bicyclic) bond motifs is 3. The molecule has 2 aromatic carbocycles. The van der Waals surface area contributed by atoms with Crippen LogP contribution in [0.1, 0.15) is 45.7 Å². The summed E-state index contributed by atoms with van der Waals surface area (Å²) in [5.74, 6) is 0. The molecule has 0 saturated carbocycles. The van der Waals surface area contributed by atoms with Crippen LogP contribution in [-0.4, -0.2) is 31.8 Å². The van der Waals surface area contributed by atoms with Crippen LogP contribution in [0.3, 0.4) is 0 Å². The number of hydrogen-bond acceptors (Lipinski definition) is 0. The van der Waals surface area contributed by atoms with Gasteiger partial charge in [-0.25, -0.2) is 0 Å². The van der Waals surface area contributed by atoms with Crippen LogP contribution < -0.4 is 9.80 Å². The molecule has 144 valence electrons. The number of rotatable bonds is 2. The van der Waals surface area contributed by atoms with Gasteiger partial charge < -0.3 is 14.4 Å². The summed E-state index contributed by atoms with van der Waals surface area (Å²) in [4.78, 5) is 3.23. The molecule has 3 aromatic rings. The predicted molar refractivity (Wildman–Crippen MR) is 113 cm³/mol. The number of quaternary nitrogens is 2. The zero-order valence-corrected chi connectivity index (χ0v) is 17.2. The highest BCUT2D eigenvalue weighted by atomic mass is 15.2. The van der Waals surface area contributed by atoms with Gasteiger partial charge in [0.25, 0.3) is 0 Å². The van der Waals surface area contributed by atoms with Gasteiger partial charge in [0.2, 0.25) is 0 Å². The van der Waals surface area contributed by atoms with Crippen LogP contribution in [0.15, 0.2) is 60.7 Å². The van der Waals surface area contributed by atoms with E-state index in [0.717, 1.165) is 0 Å². The minimum atomic E-state index is 0.428. The van der Waals surface area contributed by atoms with Crippen LogP contribution in [0.5, 0.6) is 0 Å². The molecule has 3 nitrogen and oxygen atoms in total. The second-order valence-corrected chi connectivity index (χ2v) is 8.66. The van der Waals surface area contributed by atoms with E-state index in [4.69, 9.17) is 0 Å². The van der Waals surface area contributed by atoms with E-state index in [1.54, 1.807) is 32.3 Å². The van der Waals surface area contributed by atoms with Crippen molar-refractivity contribution in [2.24, 2.45) is 7.05 Å². The van der Waals surface area contributed by atoms with Crippen LogP contribution in [0.25, 0.3) is 0 Å². The molecule has 3 heterocycles. The van der Waals surface area contributed by atoms with Gasteiger partial charge in [0, 0.05) is 53.5 Å². The average Bonchev–Trinajstić information content (AvgIpc) is 3.01. The van der Waals surface area contributed by atoms with Gasteiger partial charge in [0.1, 0.15) is 12.1 Å². The molecule has 4 atom stereocenters. The van der Waals surface area contributed by atoms with Crippen molar-refractivity contribution in [1.29, 1.82) is 0 Å². The van der Waals surface area contributed by atoms with E-state index in [-0.39, 0.29) is 0 Å². The first kappa shape index (κ1) is 17.7. The maximum absolute atomic E-state index is 2.55. The number of benzene rings is 2. The van der Waals surface area contributed by atoms with Gasteiger partial charge in [-0.2, -0.15) is 0 Å². The van der Waals surface area contributed by atoms with Crippen LogP contribution >= 0.6 is 0 Å². The Labute approximate surface area is 168 Å². The van der Waals surface area contributed by atoms with Gasteiger partial charge in [-0.1, -0.05) is 60.7 Å². The van der Waals surface area contributed by atoms with E-state index < -0.39 is 0 Å². The van der Waals surface area contributed by atoms with Crippen molar-refractivity contribution in [3.63, 3.8) is 0 Å². The first-order chi connectivity index (χ1) is 13.7. The Morgan fingerprint density at radius 3 is 1.46 bits per heavy atom. The summed E-state index contributed by atoms with van der Waals surface area (Å²) in [5, 5.41) is 0. The zero-order chi connectivity index (χ0) is 19.3. The van der Waals surface area contributed by atoms with Crippen molar-refractivity contribution in [2.75, 3.05) is 27.2 Å². The Morgan fingerprint density at radius 2 is 1.07 bits per heavy atom. The molecule has 2 unspecified atom stereocenters. The Morgan fingerprint density at radius 1 is 0.679 bits per heavy atom. The monoisotopic (exact) mass is 373 g/mol. The van der Waals surface area contributed by atoms with Crippen molar-refractivity contribution < 1.29 is 9.80 Å². The number of aromatic nitrogens is 1. The van der Waals surface area contributed by atoms with Gasteiger partial charge in [-0.05, 0) is 0 Å². The predicted octanol–water partition coefficient (Wildman–Crippen LogP) is 1.35. The Kier molecular flexibility index (Phi) is 4.37. The normalized spacial score (nSPS) is 26.5. The topological polar surface area (TPSA) is 13.8 Å². The van der Waals surface area contributed by atoms with Crippen LogP contribution in [0.4, 0.5) is 0 Å². The highest BCUT2D eigenvalue weighted by Gasteiger charge is 2.43. The molecule has 1 aromatic heterocycles. The molecule has 5 rings (SSSR count). The molecule has 0 bridgehead atoms. The highest BCUT2D eigenvalue weighted by Crippen LogP contribution is 2.38. The minimum Gasteiger partial charge on any atom is -0.350 e. The van der Waals surface area contributed by atoms with E-state index in [0.29, 0.717) is 12.1 Å². The Hall–Kier alpha value is -2.36. The Bertz CT molecular complexity index is 895. The summed E-state index contributed by atoms with van der Waals surface area (Å²) >= 11 is 0. The molecule has 2 N–H and O–H groups in total. The fraction of sp³-hybridized carbons (Fsp3) is 0.360. The maximum atomic E-state index is 2.55. The quantitative estimate of drug-likeness (QED) is 0.674. The van der Waals surface area contributed by atoms with Gasteiger partial charge >= 0.3 is 0 Å². The van der Waals surface area contributed by atoms with E-state index in [1.165, 1.54) is 37.1 Å². The third-order valence-electron chi connectivity index (χ3n) is 7.06. The van der Waals surface area contributed by atoms with E-state index in [2.05, 4.69) is 86.4 Å². The lowest BCUT2D eigenvalue weighted by Crippen LogP contribution is -3.11. The van der Waals surface area contributed by atoms with Gasteiger partial charge in [0.05, 0.1) is 27.2 Å².